The molecule has 0 saturated heterocycles. The highest BCUT2D eigenvalue weighted by Crippen LogP contribution is 2.36. The van der Waals surface area contributed by atoms with Crippen LogP contribution in [0.15, 0.2) is 24.3 Å². The van der Waals surface area contributed by atoms with Crippen LogP contribution in [-0.2, 0) is 5.54 Å². The van der Waals surface area contributed by atoms with E-state index in [4.69, 9.17) is 10.5 Å². The molecule has 112 valence electrons. The molecule has 1 aliphatic rings. The molecule has 2 N–H and O–H groups in total. The molecule has 2 aromatic rings. The number of rotatable bonds is 3. The number of nitrogens with two attached hydrogens (primary N) is 1. The van der Waals surface area contributed by atoms with Gasteiger partial charge < -0.3 is 10.5 Å². The Hall–Kier alpha value is -1.95. The lowest BCUT2D eigenvalue weighted by molar-refractivity contribution is 0.233. The van der Waals surface area contributed by atoms with Crippen molar-refractivity contribution in [2.75, 3.05) is 7.11 Å². The Bertz CT molecular complexity index is 616. The molecule has 1 aliphatic carbocycles. The molecule has 1 aromatic heterocycles. The summed E-state index contributed by atoms with van der Waals surface area (Å²) in [6.45, 7) is 2.27. The summed E-state index contributed by atoms with van der Waals surface area (Å²) >= 11 is 0. The van der Waals surface area contributed by atoms with Gasteiger partial charge in [-0.2, -0.15) is 4.68 Å². The van der Waals surface area contributed by atoms with Crippen molar-refractivity contribution in [2.24, 2.45) is 11.7 Å². The second-order valence-corrected chi connectivity index (χ2v) is 5.95. The molecule has 0 bridgehead atoms. The molecule has 0 aliphatic heterocycles. The summed E-state index contributed by atoms with van der Waals surface area (Å²) in [6.07, 6.45) is 4.06. The van der Waals surface area contributed by atoms with Crippen molar-refractivity contribution in [3.8, 4) is 11.4 Å². The topological polar surface area (TPSA) is 78.8 Å². The first-order chi connectivity index (χ1) is 10.1. The Balaban J connectivity index is 1.97. The third kappa shape index (κ3) is 2.63. The summed E-state index contributed by atoms with van der Waals surface area (Å²) in [5.74, 6) is 2.24. The van der Waals surface area contributed by atoms with Crippen LogP contribution in [0.25, 0.3) is 5.69 Å². The fourth-order valence-electron chi connectivity index (χ4n) is 2.91. The lowest BCUT2D eigenvalue weighted by Gasteiger charge is -2.34. The van der Waals surface area contributed by atoms with Crippen molar-refractivity contribution >= 4 is 0 Å². The number of tetrazole rings is 1. The molecular weight excluding hydrogens is 266 g/mol. The van der Waals surface area contributed by atoms with E-state index in [0.717, 1.165) is 48.9 Å². The molecule has 21 heavy (non-hydrogen) atoms. The molecule has 3 rings (SSSR count). The minimum absolute atomic E-state index is 0.445. The number of nitrogens with zero attached hydrogens (tertiary/aromatic N) is 4. The average molecular weight is 287 g/mol. The van der Waals surface area contributed by atoms with Gasteiger partial charge >= 0.3 is 0 Å². The zero-order valence-electron chi connectivity index (χ0n) is 12.5. The van der Waals surface area contributed by atoms with Crippen molar-refractivity contribution in [2.45, 2.75) is 38.1 Å². The highest BCUT2D eigenvalue weighted by atomic mass is 16.5. The average Bonchev–Trinajstić information content (AvgIpc) is 3.01. The number of hydrogen-bond donors (Lipinski definition) is 1. The Morgan fingerprint density at radius 3 is 2.81 bits per heavy atom. The van der Waals surface area contributed by atoms with Crippen LogP contribution in [0.4, 0.5) is 0 Å². The minimum atomic E-state index is -0.445. The van der Waals surface area contributed by atoms with Crippen LogP contribution in [0.1, 0.15) is 38.4 Å². The van der Waals surface area contributed by atoms with Gasteiger partial charge in [-0.25, -0.2) is 0 Å². The third-order valence-corrected chi connectivity index (χ3v) is 4.38. The Morgan fingerprint density at radius 2 is 2.10 bits per heavy atom. The van der Waals surface area contributed by atoms with Crippen molar-refractivity contribution in [1.82, 2.24) is 20.2 Å². The van der Waals surface area contributed by atoms with Gasteiger partial charge in [0.05, 0.1) is 18.3 Å². The number of methoxy groups -OCH3 is 1. The van der Waals surface area contributed by atoms with Crippen LogP contribution < -0.4 is 10.5 Å². The maximum absolute atomic E-state index is 6.60. The Morgan fingerprint density at radius 1 is 1.33 bits per heavy atom. The summed E-state index contributed by atoms with van der Waals surface area (Å²) in [5.41, 5.74) is 7.03. The fourth-order valence-corrected chi connectivity index (χ4v) is 2.91. The quantitative estimate of drug-likeness (QED) is 0.934. The number of benzene rings is 1. The predicted molar refractivity (Wildman–Crippen MR) is 79.2 cm³/mol. The Labute approximate surface area is 124 Å². The number of ether oxygens (including phenoxy) is 1. The van der Waals surface area contributed by atoms with Crippen LogP contribution in [0.3, 0.4) is 0 Å². The zero-order chi connectivity index (χ0) is 14.9. The molecule has 0 amide bonds. The smallest absolute Gasteiger partial charge is 0.176 e. The molecular formula is C15H21N5O. The summed E-state index contributed by atoms with van der Waals surface area (Å²) in [4.78, 5) is 0. The van der Waals surface area contributed by atoms with E-state index in [2.05, 4.69) is 22.4 Å². The van der Waals surface area contributed by atoms with Crippen LogP contribution in [0.5, 0.6) is 5.75 Å². The van der Waals surface area contributed by atoms with Crippen molar-refractivity contribution in [3.63, 3.8) is 0 Å². The maximum Gasteiger partial charge on any atom is 0.176 e. The predicted octanol–water partition coefficient (Wildman–Crippen LogP) is 2.03. The molecule has 6 nitrogen and oxygen atoms in total. The van der Waals surface area contributed by atoms with Crippen molar-refractivity contribution in [3.05, 3.63) is 30.1 Å². The Kier molecular flexibility index (Phi) is 3.63. The monoisotopic (exact) mass is 287 g/mol. The normalized spacial score (nSPS) is 25.8. The van der Waals surface area contributed by atoms with Crippen molar-refractivity contribution < 1.29 is 4.74 Å². The van der Waals surface area contributed by atoms with Gasteiger partial charge in [0.2, 0.25) is 0 Å². The molecule has 0 radical (unpaired) electrons. The van der Waals surface area contributed by atoms with Crippen LogP contribution in [0.2, 0.25) is 0 Å². The molecule has 6 heteroatoms. The summed E-state index contributed by atoms with van der Waals surface area (Å²) in [5, 5.41) is 12.2. The van der Waals surface area contributed by atoms with E-state index in [-0.39, 0.29) is 0 Å². The molecule has 0 unspecified atom stereocenters. The van der Waals surface area contributed by atoms with Crippen LogP contribution >= 0.6 is 0 Å². The van der Waals surface area contributed by atoms with Gasteiger partial charge in [-0.3, -0.25) is 0 Å². The van der Waals surface area contributed by atoms with E-state index < -0.39 is 5.54 Å². The van der Waals surface area contributed by atoms with E-state index in [9.17, 15) is 0 Å². The van der Waals surface area contributed by atoms with Crippen LogP contribution in [0, 0.1) is 5.92 Å². The third-order valence-electron chi connectivity index (χ3n) is 4.38. The second kappa shape index (κ2) is 5.44. The first kappa shape index (κ1) is 14.0. The van der Waals surface area contributed by atoms with Gasteiger partial charge in [0.15, 0.2) is 5.82 Å². The molecule has 1 saturated carbocycles. The van der Waals surface area contributed by atoms with Crippen LogP contribution in [-0.4, -0.2) is 27.3 Å². The zero-order valence-corrected chi connectivity index (χ0v) is 12.5. The SMILES string of the molecule is COc1cccc(-n2nnnc2C2(N)CCC(C)CC2)c1. The van der Waals surface area contributed by atoms with Gasteiger partial charge in [0.25, 0.3) is 0 Å². The van der Waals surface area contributed by atoms with E-state index in [1.807, 2.05) is 24.3 Å². The molecule has 0 spiro atoms. The molecule has 0 atom stereocenters. The first-order valence-corrected chi connectivity index (χ1v) is 7.34. The van der Waals surface area contributed by atoms with Crippen molar-refractivity contribution in [1.29, 1.82) is 0 Å². The van der Waals surface area contributed by atoms with E-state index >= 15 is 0 Å². The molecule has 1 fully saturated rings. The number of hydrogen-bond acceptors (Lipinski definition) is 5. The largest absolute Gasteiger partial charge is 0.497 e. The summed E-state index contributed by atoms with van der Waals surface area (Å²) < 4.78 is 7.00. The highest BCUT2D eigenvalue weighted by Gasteiger charge is 2.37. The second-order valence-electron chi connectivity index (χ2n) is 5.95. The van der Waals surface area contributed by atoms with Gasteiger partial charge in [0.1, 0.15) is 5.75 Å². The lowest BCUT2D eigenvalue weighted by atomic mass is 9.77. The lowest BCUT2D eigenvalue weighted by Crippen LogP contribution is -2.42. The van der Waals surface area contributed by atoms with Gasteiger partial charge in [-0.15, -0.1) is 5.10 Å². The van der Waals surface area contributed by atoms with Gasteiger partial charge in [-0.05, 0) is 54.2 Å². The molecule has 1 aromatic carbocycles. The maximum atomic E-state index is 6.60. The van der Waals surface area contributed by atoms with E-state index in [0.29, 0.717) is 0 Å². The van der Waals surface area contributed by atoms with Gasteiger partial charge in [-0.1, -0.05) is 13.0 Å². The standard InChI is InChI=1S/C15H21N5O/c1-11-6-8-15(16,9-7-11)14-17-18-19-20(14)12-4-3-5-13(10-12)21-2/h3-5,10-11H,6-9,16H2,1-2H3. The highest BCUT2D eigenvalue weighted by molar-refractivity contribution is 5.39. The van der Waals surface area contributed by atoms with E-state index in [1.165, 1.54) is 0 Å². The first-order valence-electron chi connectivity index (χ1n) is 7.34. The minimum Gasteiger partial charge on any atom is -0.497 e. The fraction of sp³-hybridized carbons (Fsp3) is 0.533. The summed E-state index contributed by atoms with van der Waals surface area (Å²) in [7, 11) is 1.65. The van der Waals surface area contributed by atoms with Gasteiger partial charge in [0, 0.05) is 6.07 Å². The number of aromatic nitrogens is 4. The van der Waals surface area contributed by atoms with E-state index in [1.54, 1.807) is 11.8 Å². The summed E-state index contributed by atoms with van der Waals surface area (Å²) in [6, 6.07) is 7.69. The molecule has 1 heterocycles.